The molecular weight excluding hydrogens is 296 g/mol. The number of hydrogen-bond acceptors (Lipinski definition) is 4. The lowest BCUT2D eigenvalue weighted by molar-refractivity contribution is -0.139. The third-order valence-corrected chi connectivity index (χ3v) is 3.86. The Bertz CT molecular complexity index is 768. The Morgan fingerprint density at radius 1 is 1.39 bits per heavy atom. The van der Waals surface area contributed by atoms with Crippen LogP contribution in [0.1, 0.15) is 28.4 Å². The van der Waals surface area contributed by atoms with Crippen molar-refractivity contribution < 1.29 is 14.7 Å². The van der Waals surface area contributed by atoms with Gasteiger partial charge in [0, 0.05) is 12.2 Å². The van der Waals surface area contributed by atoms with Crippen molar-refractivity contribution in [3.63, 3.8) is 0 Å². The van der Waals surface area contributed by atoms with E-state index in [-0.39, 0.29) is 11.6 Å². The zero-order valence-electron chi connectivity index (χ0n) is 12.4. The van der Waals surface area contributed by atoms with E-state index in [1.165, 1.54) is 4.68 Å². The monoisotopic (exact) mass is 312 g/mol. The summed E-state index contributed by atoms with van der Waals surface area (Å²) in [5.41, 5.74) is 1.50. The summed E-state index contributed by atoms with van der Waals surface area (Å²) >= 11 is 0. The highest BCUT2D eigenvalue weighted by molar-refractivity contribution is 6.06. The predicted octanol–water partition coefficient (Wildman–Crippen LogP) is 1.68. The molecule has 2 aromatic rings. The van der Waals surface area contributed by atoms with Gasteiger partial charge in [-0.3, -0.25) is 9.59 Å². The molecule has 1 atom stereocenters. The Kier molecular flexibility index (Phi) is 3.92. The lowest BCUT2D eigenvalue weighted by atomic mass is 9.90. The number of carbonyl (C=O) groups is 2. The molecule has 0 saturated carbocycles. The maximum atomic E-state index is 12.7. The number of benzene rings is 1. The van der Waals surface area contributed by atoms with Gasteiger partial charge in [-0.2, -0.15) is 0 Å². The van der Waals surface area contributed by atoms with Gasteiger partial charge in [-0.05, 0) is 18.1 Å². The summed E-state index contributed by atoms with van der Waals surface area (Å²) in [5.74, 6) is -1.75. The third-order valence-electron chi connectivity index (χ3n) is 3.86. The molecule has 1 amide bonds. The normalized spacial score (nSPS) is 16.7. The Labute approximate surface area is 132 Å². The van der Waals surface area contributed by atoms with Gasteiger partial charge in [0.25, 0.3) is 5.91 Å². The van der Waals surface area contributed by atoms with E-state index in [1.54, 1.807) is 41.4 Å². The van der Waals surface area contributed by atoms with E-state index >= 15 is 0 Å². The number of para-hydroxylation sites is 1. The van der Waals surface area contributed by atoms with Crippen LogP contribution in [0.15, 0.2) is 43.1 Å². The Hall–Kier alpha value is -2.96. The SMILES string of the molecule is C=CCn1cc(C(=O)N2CCC(C(=O)O)c3ccccc32)nn1. The van der Waals surface area contributed by atoms with Crippen LogP contribution >= 0.6 is 0 Å². The molecule has 1 aromatic heterocycles. The molecule has 1 aliphatic heterocycles. The molecule has 23 heavy (non-hydrogen) atoms. The zero-order chi connectivity index (χ0) is 16.4. The predicted molar refractivity (Wildman–Crippen MR) is 83.3 cm³/mol. The number of nitrogens with zero attached hydrogens (tertiary/aromatic N) is 4. The maximum Gasteiger partial charge on any atom is 0.311 e. The molecule has 3 rings (SSSR count). The van der Waals surface area contributed by atoms with E-state index in [1.807, 2.05) is 0 Å². The fourth-order valence-corrected chi connectivity index (χ4v) is 2.79. The molecule has 1 unspecified atom stereocenters. The van der Waals surface area contributed by atoms with Gasteiger partial charge in [-0.25, -0.2) is 4.68 Å². The van der Waals surface area contributed by atoms with Gasteiger partial charge in [-0.15, -0.1) is 11.7 Å². The highest BCUT2D eigenvalue weighted by Gasteiger charge is 2.33. The number of amides is 1. The number of carbonyl (C=O) groups excluding carboxylic acids is 1. The van der Waals surface area contributed by atoms with Crippen LogP contribution in [0.3, 0.4) is 0 Å². The molecule has 0 saturated heterocycles. The summed E-state index contributed by atoms with van der Waals surface area (Å²) in [5, 5.41) is 17.1. The van der Waals surface area contributed by atoms with E-state index in [0.29, 0.717) is 30.8 Å². The molecule has 0 aliphatic carbocycles. The quantitative estimate of drug-likeness (QED) is 0.868. The first kappa shape index (κ1) is 15.0. The number of carboxylic acid groups (broad SMARTS) is 1. The van der Waals surface area contributed by atoms with Crippen LogP contribution in [0.2, 0.25) is 0 Å². The van der Waals surface area contributed by atoms with E-state index in [2.05, 4.69) is 16.9 Å². The minimum absolute atomic E-state index is 0.232. The largest absolute Gasteiger partial charge is 0.481 e. The molecule has 1 N–H and O–H groups in total. The van der Waals surface area contributed by atoms with Crippen molar-refractivity contribution >= 4 is 17.6 Å². The Balaban J connectivity index is 1.93. The molecule has 1 aliphatic rings. The highest BCUT2D eigenvalue weighted by Crippen LogP contribution is 2.35. The lowest BCUT2D eigenvalue weighted by Gasteiger charge is -2.32. The maximum absolute atomic E-state index is 12.7. The first-order chi connectivity index (χ1) is 11.1. The third kappa shape index (κ3) is 2.73. The molecule has 2 heterocycles. The first-order valence-corrected chi connectivity index (χ1v) is 7.26. The van der Waals surface area contributed by atoms with Crippen molar-refractivity contribution in [1.82, 2.24) is 15.0 Å². The van der Waals surface area contributed by atoms with Crippen LogP contribution in [0.5, 0.6) is 0 Å². The van der Waals surface area contributed by atoms with Gasteiger partial charge in [0.05, 0.1) is 18.7 Å². The standard InChI is InChI=1S/C16H16N4O3/c1-2-8-19-10-13(17-18-19)15(21)20-9-7-12(16(22)23)11-5-3-4-6-14(11)20/h2-6,10,12H,1,7-9H2,(H,22,23). The van der Waals surface area contributed by atoms with Crippen molar-refractivity contribution in [1.29, 1.82) is 0 Å². The Morgan fingerprint density at radius 3 is 2.91 bits per heavy atom. The molecule has 0 spiro atoms. The summed E-state index contributed by atoms with van der Waals surface area (Å²) in [6, 6.07) is 7.08. The van der Waals surface area contributed by atoms with Crippen molar-refractivity contribution in [3.8, 4) is 0 Å². The van der Waals surface area contributed by atoms with Gasteiger partial charge in [0.1, 0.15) is 0 Å². The minimum Gasteiger partial charge on any atom is -0.481 e. The molecule has 0 bridgehead atoms. The Morgan fingerprint density at radius 2 is 2.17 bits per heavy atom. The number of rotatable bonds is 4. The summed E-state index contributed by atoms with van der Waals surface area (Å²) in [6.07, 6.45) is 3.60. The van der Waals surface area contributed by atoms with Crippen LogP contribution in [0, 0.1) is 0 Å². The summed E-state index contributed by atoms with van der Waals surface area (Å²) in [4.78, 5) is 25.7. The second-order valence-electron chi connectivity index (χ2n) is 5.31. The number of aliphatic carboxylic acids is 1. The summed E-state index contributed by atoms with van der Waals surface area (Å²) in [6.45, 7) is 4.42. The molecule has 0 fully saturated rings. The number of fused-ring (bicyclic) bond motifs is 1. The first-order valence-electron chi connectivity index (χ1n) is 7.26. The zero-order valence-corrected chi connectivity index (χ0v) is 12.4. The number of carboxylic acids is 1. The van der Waals surface area contributed by atoms with E-state index < -0.39 is 11.9 Å². The van der Waals surface area contributed by atoms with Crippen molar-refractivity contribution in [2.45, 2.75) is 18.9 Å². The van der Waals surface area contributed by atoms with Gasteiger partial charge in [0.2, 0.25) is 0 Å². The molecular formula is C16H16N4O3. The van der Waals surface area contributed by atoms with Crippen molar-refractivity contribution in [2.75, 3.05) is 11.4 Å². The van der Waals surface area contributed by atoms with E-state index in [0.717, 1.165) is 0 Å². The molecule has 7 heteroatoms. The van der Waals surface area contributed by atoms with Gasteiger partial charge < -0.3 is 10.0 Å². The topological polar surface area (TPSA) is 88.3 Å². The van der Waals surface area contributed by atoms with Gasteiger partial charge in [0.15, 0.2) is 5.69 Å². The second kappa shape index (κ2) is 6.04. The smallest absolute Gasteiger partial charge is 0.311 e. The van der Waals surface area contributed by atoms with Gasteiger partial charge in [-0.1, -0.05) is 29.5 Å². The van der Waals surface area contributed by atoms with Crippen molar-refractivity contribution in [2.24, 2.45) is 0 Å². The fourth-order valence-electron chi connectivity index (χ4n) is 2.79. The number of aromatic nitrogens is 3. The second-order valence-corrected chi connectivity index (χ2v) is 5.31. The van der Waals surface area contributed by atoms with E-state index in [9.17, 15) is 14.7 Å². The van der Waals surface area contributed by atoms with Crippen LogP contribution < -0.4 is 4.90 Å². The minimum atomic E-state index is -0.874. The van der Waals surface area contributed by atoms with Crippen LogP contribution in [-0.4, -0.2) is 38.5 Å². The number of allylic oxidation sites excluding steroid dienone is 1. The average Bonchev–Trinajstić information content (AvgIpc) is 3.02. The van der Waals surface area contributed by atoms with E-state index in [4.69, 9.17) is 0 Å². The van der Waals surface area contributed by atoms with Crippen molar-refractivity contribution in [3.05, 3.63) is 54.4 Å². The molecule has 118 valence electrons. The van der Waals surface area contributed by atoms with Gasteiger partial charge >= 0.3 is 5.97 Å². The molecule has 0 radical (unpaired) electrons. The highest BCUT2D eigenvalue weighted by atomic mass is 16.4. The van der Waals surface area contributed by atoms with Crippen LogP contribution in [0.4, 0.5) is 5.69 Å². The van der Waals surface area contributed by atoms with Crippen LogP contribution in [0.25, 0.3) is 0 Å². The molecule has 1 aromatic carbocycles. The molecule has 7 nitrogen and oxygen atoms in total. The van der Waals surface area contributed by atoms with Crippen LogP contribution in [-0.2, 0) is 11.3 Å². The summed E-state index contributed by atoms with van der Waals surface area (Å²) in [7, 11) is 0. The fraction of sp³-hybridized carbons (Fsp3) is 0.250. The number of anilines is 1. The summed E-state index contributed by atoms with van der Waals surface area (Å²) < 4.78 is 1.52. The number of hydrogen-bond donors (Lipinski definition) is 1. The lowest BCUT2D eigenvalue weighted by Crippen LogP contribution is -2.38. The average molecular weight is 312 g/mol.